The minimum Gasteiger partial charge on any atom is -0.465 e. The first-order valence-corrected chi connectivity index (χ1v) is 10.8. The Morgan fingerprint density at radius 1 is 1.07 bits per heavy atom. The van der Waals surface area contributed by atoms with E-state index in [1.807, 2.05) is 30.3 Å². The van der Waals surface area contributed by atoms with Crippen molar-refractivity contribution >= 4 is 17.7 Å². The van der Waals surface area contributed by atoms with Crippen molar-refractivity contribution in [3.05, 3.63) is 71.5 Å². The number of carbonyl (C=O) groups is 1. The van der Waals surface area contributed by atoms with Crippen molar-refractivity contribution in [1.82, 2.24) is 19.7 Å². The number of rotatable bonds is 7. The number of esters is 1. The third-order valence-corrected chi connectivity index (χ3v) is 5.93. The summed E-state index contributed by atoms with van der Waals surface area (Å²) in [7, 11) is 1.39. The van der Waals surface area contributed by atoms with Crippen LogP contribution in [0.2, 0.25) is 0 Å². The Balaban J connectivity index is 1.53. The predicted molar refractivity (Wildman–Crippen MR) is 115 cm³/mol. The highest BCUT2D eigenvalue weighted by molar-refractivity contribution is 7.98. The second kappa shape index (κ2) is 9.88. The van der Waals surface area contributed by atoms with E-state index in [1.54, 1.807) is 23.9 Å². The van der Waals surface area contributed by atoms with Crippen LogP contribution in [0.3, 0.4) is 0 Å². The van der Waals surface area contributed by atoms with Gasteiger partial charge in [0.25, 0.3) is 0 Å². The maximum absolute atomic E-state index is 11.6. The molecule has 0 bridgehead atoms. The number of aromatic nitrogens is 3. The molecular weight excluding hydrogens is 400 g/mol. The molecule has 0 spiro atoms. The van der Waals surface area contributed by atoms with E-state index in [0.29, 0.717) is 5.56 Å². The molecule has 0 saturated carbocycles. The molecule has 0 amide bonds. The van der Waals surface area contributed by atoms with Gasteiger partial charge in [0, 0.05) is 24.5 Å². The molecule has 1 aliphatic rings. The fraction of sp³-hybridized carbons (Fsp3) is 0.318. The first-order valence-electron chi connectivity index (χ1n) is 9.84. The smallest absolute Gasteiger partial charge is 0.337 e. The molecule has 0 radical (unpaired) electrons. The SMILES string of the molecule is COC(=O)c1ccc(CSc2nnc(CN3CCOCC3)n2-c2ccccc2)cc1. The van der Waals surface area contributed by atoms with Crippen LogP contribution in [0.25, 0.3) is 5.69 Å². The molecule has 0 atom stereocenters. The van der Waals surface area contributed by atoms with Crippen LogP contribution in [0.15, 0.2) is 59.8 Å². The summed E-state index contributed by atoms with van der Waals surface area (Å²) < 4.78 is 12.3. The summed E-state index contributed by atoms with van der Waals surface area (Å²) in [4.78, 5) is 14.0. The average molecular weight is 425 g/mol. The van der Waals surface area contributed by atoms with Crippen LogP contribution in [0.1, 0.15) is 21.7 Å². The van der Waals surface area contributed by atoms with Crippen LogP contribution in [-0.2, 0) is 21.8 Å². The standard InChI is InChI=1S/C22H24N4O3S/c1-28-21(27)18-9-7-17(8-10-18)16-30-22-24-23-20(15-25-11-13-29-14-12-25)26(22)19-5-3-2-4-6-19/h2-10H,11-16H2,1H3. The number of ether oxygens (including phenoxy) is 2. The summed E-state index contributed by atoms with van der Waals surface area (Å²) >= 11 is 1.63. The number of para-hydroxylation sites is 1. The Labute approximate surface area is 180 Å². The third kappa shape index (κ3) is 4.89. The van der Waals surface area contributed by atoms with Gasteiger partial charge in [-0.05, 0) is 29.8 Å². The fourth-order valence-electron chi connectivity index (χ4n) is 3.29. The average Bonchev–Trinajstić information content (AvgIpc) is 3.21. The molecule has 1 aromatic heterocycles. The first-order chi connectivity index (χ1) is 14.7. The van der Waals surface area contributed by atoms with Crippen molar-refractivity contribution < 1.29 is 14.3 Å². The van der Waals surface area contributed by atoms with Crippen molar-refractivity contribution in [1.29, 1.82) is 0 Å². The van der Waals surface area contributed by atoms with Crippen molar-refractivity contribution in [2.45, 2.75) is 17.5 Å². The van der Waals surface area contributed by atoms with E-state index in [4.69, 9.17) is 9.47 Å². The van der Waals surface area contributed by atoms with Crippen LogP contribution in [0.5, 0.6) is 0 Å². The van der Waals surface area contributed by atoms with Crippen LogP contribution in [0.4, 0.5) is 0 Å². The molecule has 0 aliphatic carbocycles. The molecule has 1 fully saturated rings. The van der Waals surface area contributed by atoms with E-state index in [2.05, 4.69) is 31.8 Å². The molecule has 2 aromatic carbocycles. The summed E-state index contributed by atoms with van der Waals surface area (Å²) in [5.74, 6) is 1.32. The Kier molecular flexibility index (Phi) is 6.78. The van der Waals surface area contributed by atoms with Gasteiger partial charge in [-0.1, -0.05) is 42.1 Å². The topological polar surface area (TPSA) is 69.5 Å². The van der Waals surface area contributed by atoms with Crippen LogP contribution in [0, 0.1) is 0 Å². The molecule has 2 heterocycles. The molecular formula is C22H24N4O3S. The summed E-state index contributed by atoms with van der Waals surface area (Å²) in [6.07, 6.45) is 0. The van der Waals surface area contributed by atoms with Gasteiger partial charge >= 0.3 is 5.97 Å². The monoisotopic (exact) mass is 424 g/mol. The Morgan fingerprint density at radius 2 is 1.80 bits per heavy atom. The highest BCUT2D eigenvalue weighted by Crippen LogP contribution is 2.26. The van der Waals surface area contributed by atoms with Gasteiger partial charge in [0.1, 0.15) is 0 Å². The molecule has 156 valence electrons. The van der Waals surface area contributed by atoms with E-state index in [9.17, 15) is 4.79 Å². The zero-order chi connectivity index (χ0) is 20.8. The number of thioether (sulfide) groups is 1. The van der Waals surface area contributed by atoms with E-state index >= 15 is 0 Å². The second-order valence-electron chi connectivity index (χ2n) is 6.94. The number of morpholine rings is 1. The molecule has 8 heteroatoms. The molecule has 0 unspecified atom stereocenters. The second-order valence-corrected chi connectivity index (χ2v) is 7.88. The molecule has 1 saturated heterocycles. The number of methoxy groups -OCH3 is 1. The first kappa shape index (κ1) is 20.6. The lowest BCUT2D eigenvalue weighted by Gasteiger charge is -2.26. The largest absolute Gasteiger partial charge is 0.465 e. The normalized spacial score (nSPS) is 14.6. The van der Waals surface area contributed by atoms with E-state index < -0.39 is 0 Å². The Morgan fingerprint density at radius 3 is 2.50 bits per heavy atom. The highest BCUT2D eigenvalue weighted by atomic mass is 32.2. The summed E-state index contributed by atoms with van der Waals surface area (Å²) in [5, 5.41) is 9.82. The summed E-state index contributed by atoms with van der Waals surface area (Å²) in [5.41, 5.74) is 2.70. The van der Waals surface area contributed by atoms with E-state index in [0.717, 1.165) is 60.8 Å². The Hall–Kier alpha value is -2.68. The zero-order valence-corrected chi connectivity index (χ0v) is 17.7. The van der Waals surface area contributed by atoms with Crippen LogP contribution in [-0.4, -0.2) is 59.0 Å². The number of benzene rings is 2. The molecule has 7 nitrogen and oxygen atoms in total. The Bertz CT molecular complexity index is 970. The predicted octanol–water partition coefficient (Wildman–Crippen LogP) is 3.18. The van der Waals surface area contributed by atoms with Crippen LogP contribution < -0.4 is 0 Å². The molecule has 1 aliphatic heterocycles. The van der Waals surface area contributed by atoms with Gasteiger partial charge in [0.05, 0.1) is 32.4 Å². The van der Waals surface area contributed by atoms with Gasteiger partial charge in [0.2, 0.25) is 0 Å². The number of nitrogens with zero attached hydrogens (tertiary/aromatic N) is 4. The molecule has 30 heavy (non-hydrogen) atoms. The van der Waals surface area contributed by atoms with E-state index in [-0.39, 0.29) is 5.97 Å². The van der Waals surface area contributed by atoms with Crippen LogP contribution >= 0.6 is 11.8 Å². The van der Waals surface area contributed by atoms with Gasteiger partial charge < -0.3 is 9.47 Å². The highest BCUT2D eigenvalue weighted by Gasteiger charge is 2.19. The fourth-order valence-corrected chi connectivity index (χ4v) is 4.22. The lowest BCUT2D eigenvalue weighted by Crippen LogP contribution is -2.36. The van der Waals surface area contributed by atoms with Gasteiger partial charge in [0.15, 0.2) is 11.0 Å². The number of hydrogen-bond donors (Lipinski definition) is 0. The minimum atomic E-state index is -0.328. The number of hydrogen-bond acceptors (Lipinski definition) is 7. The summed E-state index contributed by atoms with van der Waals surface area (Å²) in [6, 6.07) is 17.6. The van der Waals surface area contributed by atoms with Crippen molar-refractivity contribution in [2.24, 2.45) is 0 Å². The maximum Gasteiger partial charge on any atom is 0.337 e. The van der Waals surface area contributed by atoms with Gasteiger partial charge in [-0.3, -0.25) is 9.47 Å². The van der Waals surface area contributed by atoms with Crippen molar-refractivity contribution in [3.8, 4) is 5.69 Å². The van der Waals surface area contributed by atoms with Gasteiger partial charge in [-0.2, -0.15) is 0 Å². The van der Waals surface area contributed by atoms with E-state index in [1.165, 1.54) is 7.11 Å². The third-order valence-electron chi connectivity index (χ3n) is 4.93. The minimum absolute atomic E-state index is 0.328. The summed E-state index contributed by atoms with van der Waals surface area (Å²) in [6.45, 7) is 4.04. The molecule has 4 rings (SSSR count). The van der Waals surface area contributed by atoms with Crippen molar-refractivity contribution in [3.63, 3.8) is 0 Å². The molecule has 3 aromatic rings. The maximum atomic E-state index is 11.6. The lowest BCUT2D eigenvalue weighted by molar-refractivity contribution is 0.0328. The van der Waals surface area contributed by atoms with Gasteiger partial charge in [-0.25, -0.2) is 4.79 Å². The number of carbonyl (C=O) groups excluding carboxylic acids is 1. The zero-order valence-electron chi connectivity index (χ0n) is 16.9. The molecule has 0 N–H and O–H groups in total. The lowest BCUT2D eigenvalue weighted by atomic mass is 10.1. The van der Waals surface area contributed by atoms with Gasteiger partial charge in [-0.15, -0.1) is 10.2 Å². The van der Waals surface area contributed by atoms with Crippen molar-refractivity contribution in [2.75, 3.05) is 33.4 Å². The quantitative estimate of drug-likeness (QED) is 0.426.